The molecule has 0 spiro atoms. The Bertz CT molecular complexity index is 1110. The molecule has 0 unspecified atom stereocenters. The molecular weight excluding hydrogens is 396 g/mol. The average Bonchev–Trinajstić information content (AvgIpc) is 3.34. The zero-order chi connectivity index (χ0) is 19.5. The molecular formula is C19H15ClN6OS. The van der Waals surface area contributed by atoms with E-state index in [1.165, 1.54) is 11.3 Å². The molecule has 0 fully saturated rings. The number of benzene rings is 2. The highest BCUT2D eigenvalue weighted by Gasteiger charge is 2.18. The molecule has 0 saturated heterocycles. The number of H-pyrrole nitrogens is 1. The lowest BCUT2D eigenvalue weighted by molar-refractivity contribution is 0.0958. The number of hydrogen-bond donors (Lipinski definition) is 4. The van der Waals surface area contributed by atoms with Crippen LogP contribution in [0.2, 0.25) is 5.02 Å². The van der Waals surface area contributed by atoms with Gasteiger partial charge in [-0.2, -0.15) is 5.10 Å². The quantitative estimate of drug-likeness (QED) is 0.369. The molecule has 0 aliphatic rings. The van der Waals surface area contributed by atoms with Crippen molar-refractivity contribution in [2.75, 3.05) is 11.2 Å². The summed E-state index contributed by atoms with van der Waals surface area (Å²) in [4.78, 5) is 16.9. The normalized spacial score (nSPS) is 10.6. The summed E-state index contributed by atoms with van der Waals surface area (Å²) >= 11 is 7.28. The molecule has 2 aromatic heterocycles. The van der Waals surface area contributed by atoms with Crippen LogP contribution in [0.4, 0.5) is 10.8 Å². The summed E-state index contributed by atoms with van der Waals surface area (Å²) in [5, 5.41) is 9.90. The number of nitrogens with one attached hydrogen (secondary N) is 3. The molecule has 0 atom stereocenters. The van der Waals surface area contributed by atoms with Gasteiger partial charge in [-0.3, -0.25) is 20.7 Å². The number of anilines is 2. The lowest BCUT2D eigenvalue weighted by Crippen LogP contribution is -2.30. The smallest absolute Gasteiger partial charge is 0.289 e. The van der Waals surface area contributed by atoms with Gasteiger partial charge in [0.1, 0.15) is 11.4 Å². The highest BCUT2D eigenvalue weighted by molar-refractivity contribution is 7.14. The topological polar surface area (TPSA) is 109 Å². The number of carbonyl (C=O) groups excluding carboxylic acids is 1. The van der Waals surface area contributed by atoms with Crippen molar-refractivity contribution >= 4 is 39.7 Å². The van der Waals surface area contributed by atoms with Crippen molar-refractivity contribution in [1.29, 1.82) is 0 Å². The number of nitrogen functional groups attached to an aromatic ring is 1. The van der Waals surface area contributed by atoms with E-state index < -0.39 is 5.91 Å². The maximum absolute atomic E-state index is 12.4. The molecule has 0 bridgehead atoms. The molecule has 2 heterocycles. The largest absolute Gasteiger partial charge is 0.395 e. The highest BCUT2D eigenvalue weighted by atomic mass is 35.5. The molecule has 140 valence electrons. The Hall–Kier alpha value is -3.36. The van der Waals surface area contributed by atoms with Gasteiger partial charge in [-0.25, -0.2) is 4.98 Å². The summed E-state index contributed by atoms with van der Waals surface area (Å²) in [5.74, 6) is -0.443. The first-order chi connectivity index (χ1) is 13.6. The van der Waals surface area contributed by atoms with E-state index >= 15 is 0 Å². The van der Waals surface area contributed by atoms with Gasteiger partial charge in [0.2, 0.25) is 5.13 Å². The molecule has 4 aromatic rings. The van der Waals surface area contributed by atoms with Crippen LogP contribution in [0, 0.1) is 0 Å². The van der Waals surface area contributed by atoms with Crippen LogP contribution in [-0.4, -0.2) is 21.1 Å². The van der Waals surface area contributed by atoms with Crippen LogP contribution in [0.25, 0.3) is 22.5 Å². The molecule has 28 heavy (non-hydrogen) atoms. The lowest BCUT2D eigenvalue weighted by Gasteiger charge is -2.05. The molecule has 7 nitrogen and oxygen atoms in total. The van der Waals surface area contributed by atoms with Crippen molar-refractivity contribution in [2.24, 2.45) is 0 Å². The highest BCUT2D eigenvalue weighted by Crippen LogP contribution is 2.27. The first kappa shape index (κ1) is 18.0. The van der Waals surface area contributed by atoms with Crippen molar-refractivity contribution in [1.82, 2.24) is 20.6 Å². The number of aromatic nitrogens is 3. The van der Waals surface area contributed by atoms with E-state index in [4.69, 9.17) is 17.3 Å². The predicted octanol–water partition coefficient (Wildman–Crippen LogP) is 4.19. The van der Waals surface area contributed by atoms with Gasteiger partial charge in [-0.15, -0.1) is 11.3 Å². The summed E-state index contributed by atoms with van der Waals surface area (Å²) < 4.78 is 0. The lowest BCUT2D eigenvalue weighted by atomic mass is 10.1. The maximum atomic E-state index is 12.4. The fraction of sp³-hybridized carbons (Fsp3) is 0. The number of hydrogen-bond acceptors (Lipinski definition) is 6. The van der Waals surface area contributed by atoms with Crippen molar-refractivity contribution in [2.45, 2.75) is 0 Å². The summed E-state index contributed by atoms with van der Waals surface area (Å²) in [5.41, 5.74) is 15.0. The standard InChI is InChI=1S/C19H15ClN6OS/c20-13-8-6-12(7-9-13)16-15(21)17(24-23-16)18(27)25-26-19-22-14(10-28-19)11-4-2-1-3-5-11/h1-10H,21H2,(H,22,26)(H,23,24)(H,25,27). The maximum Gasteiger partial charge on any atom is 0.289 e. The van der Waals surface area contributed by atoms with Gasteiger partial charge in [-0.05, 0) is 12.1 Å². The van der Waals surface area contributed by atoms with Crippen molar-refractivity contribution < 1.29 is 4.79 Å². The third-order valence-corrected chi connectivity index (χ3v) is 5.02. The Morgan fingerprint density at radius 3 is 2.57 bits per heavy atom. The van der Waals surface area contributed by atoms with Gasteiger partial charge >= 0.3 is 0 Å². The number of amides is 1. The van der Waals surface area contributed by atoms with Gasteiger partial charge in [0.05, 0.1) is 11.4 Å². The summed E-state index contributed by atoms with van der Waals surface area (Å²) in [6, 6.07) is 16.8. The predicted molar refractivity (Wildman–Crippen MR) is 112 cm³/mol. The Kier molecular flexibility index (Phi) is 4.96. The summed E-state index contributed by atoms with van der Waals surface area (Å²) in [7, 11) is 0. The monoisotopic (exact) mass is 410 g/mol. The molecule has 2 aromatic carbocycles. The van der Waals surface area contributed by atoms with Gasteiger partial charge in [0, 0.05) is 21.5 Å². The first-order valence-corrected chi connectivity index (χ1v) is 9.54. The molecule has 0 aliphatic carbocycles. The second-order valence-electron chi connectivity index (χ2n) is 5.85. The molecule has 0 aliphatic heterocycles. The number of halogens is 1. The number of nitrogens with zero attached hydrogens (tertiary/aromatic N) is 2. The Balaban J connectivity index is 1.45. The van der Waals surface area contributed by atoms with E-state index in [1.807, 2.05) is 35.7 Å². The van der Waals surface area contributed by atoms with Crippen LogP contribution in [0.1, 0.15) is 10.5 Å². The fourth-order valence-electron chi connectivity index (χ4n) is 2.60. The molecule has 9 heteroatoms. The van der Waals surface area contributed by atoms with Gasteiger partial charge in [0.25, 0.3) is 5.91 Å². The third-order valence-electron chi connectivity index (χ3n) is 4.01. The van der Waals surface area contributed by atoms with E-state index in [-0.39, 0.29) is 11.4 Å². The van der Waals surface area contributed by atoms with Gasteiger partial charge in [0.15, 0.2) is 0 Å². The minimum Gasteiger partial charge on any atom is -0.395 e. The van der Waals surface area contributed by atoms with Crippen LogP contribution in [0.5, 0.6) is 0 Å². The van der Waals surface area contributed by atoms with E-state index in [9.17, 15) is 4.79 Å². The Morgan fingerprint density at radius 1 is 1.07 bits per heavy atom. The SMILES string of the molecule is Nc1c(-c2ccc(Cl)cc2)n[nH]c1C(=O)NNc1nc(-c2ccccc2)cs1. The summed E-state index contributed by atoms with van der Waals surface area (Å²) in [6.45, 7) is 0. The van der Waals surface area contributed by atoms with Crippen LogP contribution in [0.3, 0.4) is 0 Å². The molecule has 0 saturated carbocycles. The van der Waals surface area contributed by atoms with Gasteiger partial charge < -0.3 is 5.73 Å². The fourth-order valence-corrected chi connectivity index (χ4v) is 3.40. The number of carbonyl (C=O) groups is 1. The first-order valence-electron chi connectivity index (χ1n) is 8.29. The molecule has 1 amide bonds. The van der Waals surface area contributed by atoms with E-state index in [1.54, 1.807) is 24.3 Å². The minimum atomic E-state index is -0.443. The van der Waals surface area contributed by atoms with Crippen LogP contribution in [0.15, 0.2) is 60.0 Å². The number of rotatable bonds is 5. The van der Waals surface area contributed by atoms with Crippen molar-refractivity contribution in [3.8, 4) is 22.5 Å². The minimum absolute atomic E-state index is 0.164. The van der Waals surface area contributed by atoms with Crippen molar-refractivity contribution in [3.63, 3.8) is 0 Å². The van der Waals surface area contributed by atoms with Gasteiger partial charge in [-0.1, -0.05) is 54.1 Å². The zero-order valence-electron chi connectivity index (χ0n) is 14.4. The van der Waals surface area contributed by atoms with Crippen molar-refractivity contribution in [3.05, 3.63) is 70.7 Å². The second kappa shape index (κ2) is 7.71. The number of hydrazine groups is 1. The third kappa shape index (κ3) is 3.68. The van der Waals surface area contributed by atoms with Crippen LogP contribution < -0.4 is 16.6 Å². The summed E-state index contributed by atoms with van der Waals surface area (Å²) in [6.07, 6.45) is 0. The molecule has 5 N–H and O–H groups in total. The van der Waals surface area contributed by atoms with E-state index in [2.05, 4.69) is 26.0 Å². The van der Waals surface area contributed by atoms with E-state index in [0.717, 1.165) is 16.8 Å². The Labute approximate surface area is 169 Å². The number of aromatic amines is 1. The Morgan fingerprint density at radius 2 is 1.82 bits per heavy atom. The number of thiazole rings is 1. The zero-order valence-corrected chi connectivity index (χ0v) is 16.0. The average molecular weight is 411 g/mol. The van der Waals surface area contributed by atoms with Crippen LogP contribution in [-0.2, 0) is 0 Å². The van der Waals surface area contributed by atoms with E-state index in [0.29, 0.717) is 15.8 Å². The molecule has 0 radical (unpaired) electrons. The second-order valence-corrected chi connectivity index (χ2v) is 7.15. The number of nitrogens with two attached hydrogens (primary N) is 1. The van der Waals surface area contributed by atoms with Crippen LogP contribution >= 0.6 is 22.9 Å². The molecule has 4 rings (SSSR count).